The third-order valence-corrected chi connectivity index (χ3v) is 4.57. The Labute approximate surface area is 128 Å². The Bertz CT molecular complexity index is 450. The van der Waals surface area contributed by atoms with Crippen LogP contribution in [0.15, 0.2) is 18.5 Å². The zero-order valence-corrected chi connectivity index (χ0v) is 13.5. The fourth-order valence-electron chi connectivity index (χ4n) is 3.41. The van der Waals surface area contributed by atoms with Crippen LogP contribution in [0, 0.1) is 5.92 Å². The zero-order valence-electron chi connectivity index (χ0n) is 13.5. The number of ether oxygens (including phenoxy) is 1. The molecule has 1 saturated carbocycles. The first-order valence-electron chi connectivity index (χ1n) is 7.93. The summed E-state index contributed by atoms with van der Waals surface area (Å²) in [6.07, 6.45) is 10.1. The molecular weight excluding hydrogens is 264 g/mol. The molecule has 1 aliphatic rings. The highest BCUT2D eigenvalue weighted by atomic mass is 16.5. The Hall–Kier alpha value is -1.13. The Morgan fingerprint density at radius 1 is 1.29 bits per heavy atom. The van der Waals surface area contributed by atoms with Crippen LogP contribution in [-0.4, -0.2) is 42.7 Å². The number of methoxy groups -OCH3 is 1. The van der Waals surface area contributed by atoms with Crippen molar-refractivity contribution in [3.63, 3.8) is 0 Å². The molecule has 1 fully saturated rings. The highest BCUT2D eigenvalue weighted by molar-refractivity contribution is 5.29. The molecule has 0 amide bonds. The second-order valence-electron chi connectivity index (χ2n) is 6.45. The van der Waals surface area contributed by atoms with Crippen LogP contribution in [0.3, 0.4) is 0 Å². The van der Waals surface area contributed by atoms with Gasteiger partial charge in [0.1, 0.15) is 5.75 Å². The molecule has 1 N–H and O–H groups in total. The van der Waals surface area contributed by atoms with Gasteiger partial charge in [0.05, 0.1) is 18.9 Å². The van der Waals surface area contributed by atoms with Crippen molar-refractivity contribution < 1.29 is 9.84 Å². The summed E-state index contributed by atoms with van der Waals surface area (Å²) in [4.78, 5) is 6.42. The molecule has 2 rings (SSSR count). The van der Waals surface area contributed by atoms with Gasteiger partial charge in [0.2, 0.25) is 0 Å². The summed E-state index contributed by atoms with van der Waals surface area (Å²) in [5.74, 6) is 0.952. The van der Waals surface area contributed by atoms with Gasteiger partial charge in [0, 0.05) is 24.2 Å². The largest absolute Gasteiger partial charge is 0.495 e. The van der Waals surface area contributed by atoms with Crippen LogP contribution in [0.25, 0.3) is 0 Å². The third-order valence-electron chi connectivity index (χ3n) is 4.57. The molecule has 2 atom stereocenters. The standard InChI is InChI=1S/C17H28N2O2/c1-19(2)13-14-8-6-4-5-7-9-17(14,20)15-10-16(21-3)12-18-11-15/h10-12,14,20H,4-9,13H2,1-3H3. The first kappa shape index (κ1) is 16.2. The summed E-state index contributed by atoms with van der Waals surface area (Å²) in [5.41, 5.74) is 0.0993. The summed E-state index contributed by atoms with van der Waals surface area (Å²) in [6, 6.07) is 1.94. The van der Waals surface area contributed by atoms with Crippen molar-refractivity contribution in [1.82, 2.24) is 9.88 Å². The third kappa shape index (κ3) is 3.95. The van der Waals surface area contributed by atoms with Crippen LogP contribution in [0.4, 0.5) is 0 Å². The Morgan fingerprint density at radius 3 is 2.76 bits per heavy atom. The van der Waals surface area contributed by atoms with Crippen molar-refractivity contribution >= 4 is 0 Å². The van der Waals surface area contributed by atoms with Gasteiger partial charge in [-0.1, -0.05) is 25.7 Å². The topological polar surface area (TPSA) is 45.6 Å². The normalized spacial score (nSPS) is 27.2. The van der Waals surface area contributed by atoms with E-state index in [4.69, 9.17) is 4.74 Å². The molecule has 0 saturated heterocycles. The van der Waals surface area contributed by atoms with E-state index < -0.39 is 5.60 Å². The van der Waals surface area contributed by atoms with Gasteiger partial charge in [-0.25, -0.2) is 0 Å². The number of hydrogen-bond donors (Lipinski definition) is 1. The molecule has 1 aliphatic carbocycles. The number of pyridine rings is 1. The molecular formula is C17H28N2O2. The van der Waals surface area contributed by atoms with Crippen molar-refractivity contribution in [2.24, 2.45) is 5.92 Å². The van der Waals surface area contributed by atoms with E-state index in [0.717, 1.165) is 31.4 Å². The van der Waals surface area contributed by atoms with E-state index in [1.807, 2.05) is 6.07 Å². The SMILES string of the molecule is COc1cncc(C2(O)CCCCCCC2CN(C)C)c1. The predicted molar refractivity (Wildman–Crippen MR) is 84.4 cm³/mol. The molecule has 4 heteroatoms. The van der Waals surface area contributed by atoms with E-state index in [9.17, 15) is 5.11 Å². The van der Waals surface area contributed by atoms with Gasteiger partial charge >= 0.3 is 0 Å². The van der Waals surface area contributed by atoms with Crippen LogP contribution in [0.5, 0.6) is 5.75 Å². The first-order valence-corrected chi connectivity index (χ1v) is 7.93. The predicted octanol–water partition coefficient (Wildman–Crippen LogP) is 2.81. The second kappa shape index (κ2) is 7.23. The van der Waals surface area contributed by atoms with Gasteiger partial charge in [0.25, 0.3) is 0 Å². The molecule has 2 unspecified atom stereocenters. The van der Waals surface area contributed by atoms with Crippen LogP contribution < -0.4 is 4.74 Å². The minimum atomic E-state index is -0.799. The average molecular weight is 292 g/mol. The Balaban J connectivity index is 2.33. The fraction of sp³-hybridized carbons (Fsp3) is 0.706. The summed E-state index contributed by atoms with van der Waals surface area (Å²) in [5, 5.41) is 11.5. The van der Waals surface area contributed by atoms with Gasteiger partial charge in [-0.05, 0) is 33.0 Å². The summed E-state index contributed by atoms with van der Waals surface area (Å²) in [6.45, 7) is 0.897. The van der Waals surface area contributed by atoms with Gasteiger partial charge in [-0.15, -0.1) is 0 Å². The lowest BCUT2D eigenvalue weighted by Gasteiger charge is -2.39. The molecule has 0 radical (unpaired) electrons. The van der Waals surface area contributed by atoms with E-state index in [2.05, 4.69) is 24.0 Å². The van der Waals surface area contributed by atoms with Crippen LogP contribution in [0.2, 0.25) is 0 Å². The number of nitrogens with zero attached hydrogens (tertiary/aromatic N) is 2. The molecule has 0 spiro atoms. The summed E-state index contributed by atoms with van der Waals surface area (Å²) in [7, 11) is 5.78. The molecule has 0 bridgehead atoms. The van der Waals surface area contributed by atoms with Crippen molar-refractivity contribution in [2.75, 3.05) is 27.7 Å². The van der Waals surface area contributed by atoms with E-state index in [0.29, 0.717) is 5.75 Å². The molecule has 21 heavy (non-hydrogen) atoms. The maximum Gasteiger partial charge on any atom is 0.137 e. The van der Waals surface area contributed by atoms with Gasteiger partial charge in [-0.3, -0.25) is 4.98 Å². The van der Waals surface area contributed by atoms with E-state index >= 15 is 0 Å². The van der Waals surface area contributed by atoms with Gasteiger partial charge in [-0.2, -0.15) is 0 Å². The van der Waals surface area contributed by atoms with Crippen LogP contribution in [0.1, 0.15) is 44.1 Å². The Morgan fingerprint density at radius 2 is 2.05 bits per heavy atom. The van der Waals surface area contributed by atoms with Crippen LogP contribution >= 0.6 is 0 Å². The minimum Gasteiger partial charge on any atom is -0.495 e. The number of aromatic nitrogens is 1. The highest BCUT2D eigenvalue weighted by Gasteiger charge is 2.39. The van der Waals surface area contributed by atoms with E-state index in [1.54, 1.807) is 19.5 Å². The van der Waals surface area contributed by atoms with Gasteiger partial charge < -0.3 is 14.7 Å². The molecule has 0 aliphatic heterocycles. The van der Waals surface area contributed by atoms with Crippen molar-refractivity contribution in [3.05, 3.63) is 24.0 Å². The smallest absolute Gasteiger partial charge is 0.137 e. The molecule has 118 valence electrons. The second-order valence-corrected chi connectivity index (χ2v) is 6.45. The Kier molecular flexibility index (Phi) is 5.59. The molecule has 4 nitrogen and oxygen atoms in total. The van der Waals surface area contributed by atoms with Crippen molar-refractivity contribution in [2.45, 2.75) is 44.1 Å². The molecule has 1 aromatic heterocycles. The molecule has 1 aromatic rings. The van der Waals surface area contributed by atoms with Gasteiger partial charge in [0.15, 0.2) is 0 Å². The summed E-state index contributed by atoms with van der Waals surface area (Å²) < 4.78 is 5.28. The van der Waals surface area contributed by atoms with Crippen molar-refractivity contribution in [3.8, 4) is 5.75 Å². The van der Waals surface area contributed by atoms with Crippen LogP contribution in [-0.2, 0) is 5.60 Å². The fourth-order valence-corrected chi connectivity index (χ4v) is 3.41. The van der Waals surface area contributed by atoms with E-state index in [-0.39, 0.29) is 5.92 Å². The maximum atomic E-state index is 11.5. The molecule has 1 heterocycles. The summed E-state index contributed by atoms with van der Waals surface area (Å²) >= 11 is 0. The minimum absolute atomic E-state index is 0.238. The molecule has 0 aromatic carbocycles. The van der Waals surface area contributed by atoms with Crippen molar-refractivity contribution in [1.29, 1.82) is 0 Å². The highest BCUT2D eigenvalue weighted by Crippen LogP contribution is 2.40. The number of aliphatic hydroxyl groups is 1. The number of hydrogen-bond acceptors (Lipinski definition) is 4. The maximum absolute atomic E-state index is 11.5. The van der Waals surface area contributed by atoms with E-state index in [1.165, 1.54) is 19.3 Å². The zero-order chi connectivity index (χ0) is 15.3. The average Bonchev–Trinajstić information content (AvgIpc) is 2.47. The lowest BCUT2D eigenvalue weighted by Crippen LogP contribution is -2.41. The number of rotatable bonds is 4. The first-order chi connectivity index (χ1) is 10.1. The lowest BCUT2D eigenvalue weighted by atomic mass is 9.74. The lowest BCUT2D eigenvalue weighted by molar-refractivity contribution is -0.0507. The quantitative estimate of drug-likeness (QED) is 0.927. The monoisotopic (exact) mass is 292 g/mol.